The van der Waals surface area contributed by atoms with Crippen molar-refractivity contribution in [1.29, 1.82) is 0 Å². The summed E-state index contributed by atoms with van der Waals surface area (Å²) in [4.78, 5) is 11.8. The highest BCUT2D eigenvalue weighted by Crippen LogP contribution is 2.20. The van der Waals surface area contributed by atoms with Crippen LogP contribution in [0.5, 0.6) is 5.75 Å². The number of hydrogen-bond acceptors (Lipinski definition) is 3. The molecule has 0 aliphatic carbocycles. The molecular weight excluding hydrogens is 252 g/mol. The predicted molar refractivity (Wildman–Crippen MR) is 79.9 cm³/mol. The van der Waals surface area contributed by atoms with Crippen LogP contribution in [-0.2, 0) is 4.74 Å². The van der Waals surface area contributed by atoms with Gasteiger partial charge in [-0.15, -0.1) is 0 Å². The van der Waals surface area contributed by atoms with Crippen molar-refractivity contribution in [2.75, 3.05) is 7.11 Å². The number of esters is 1. The molecule has 0 aromatic heterocycles. The molecule has 0 fully saturated rings. The van der Waals surface area contributed by atoms with Gasteiger partial charge in [0.25, 0.3) is 0 Å². The van der Waals surface area contributed by atoms with Gasteiger partial charge in [0.1, 0.15) is 5.75 Å². The topological polar surface area (TPSA) is 35.5 Å². The number of methoxy groups -OCH3 is 1. The highest BCUT2D eigenvalue weighted by molar-refractivity contribution is 5.90. The summed E-state index contributed by atoms with van der Waals surface area (Å²) < 4.78 is 10.4. The molecule has 0 radical (unpaired) electrons. The Kier molecular flexibility index (Phi) is 6.66. The van der Waals surface area contributed by atoms with Gasteiger partial charge in [0.15, 0.2) is 0 Å². The van der Waals surface area contributed by atoms with Gasteiger partial charge in [0.05, 0.1) is 24.3 Å². The van der Waals surface area contributed by atoms with Crippen molar-refractivity contribution in [2.45, 2.75) is 46.1 Å². The summed E-state index contributed by atoms with van der Waals surface area (Å²) in [6.07, 6.45) is 2.96. The fourth-order valence-electron chi connectivity index (χ4n) is 1.63. The van der Waals surface area contributed by atoms with Crippen LogP contribution in [0.15, 0.2) is 18.2 Å². The first-order chi connectivity index (χ1) is 9.58. The van der Waals surface area contributed by atoms with E-state index in [0.29, 0.717) is 11.3 Å². The first-order valence-electron chi connectivity index (χ1n) is 6.96. The number of carbonyl (C=O) groups is 1. The Morgan fingerprint density at radius 2 is 2.10 bits per heavy atom. The van der Waals surface area contributed by atoms with Gasteiger partial charge in [-0.2, -0.15) is 0 Å². The minimum atomic E-state index is -0.344. The lowest BCUT2D eigenvalue weighted by molar-refractivity contribution is 0.0377. The molecule has 1 aromatic rings. The normalized spacial score (nSPS) is 9.85. The molecule has 0 saturated carbocycles. The first kappa shape index (κ1) is 16.1. The third-order valence-corrected chi connectivity index (χ3v) is 2.66. The number of unbranched alkanes of at least 4 members (excludes halogenated alkanes) is 2. The van der Waals surface area contributed by atoms with Crippen molar-refractivity contribution in [2.24, 2.45) is 0 Å². The van der Waals surface area contributed by atoms with Crippen molar-refractivity contribution < 1.29 is 14.3 Å². The minimum Gasteiger partial charge on any atom is -0.495 e. The summed E-state index contributed by atoms with van der Waals surface area (Å²) in [6, 6.07) is 5.19. The van der Waals surface area contributed by atoms with E-state index >= 15 is 0 Å². The summed E-state index contributed by atoms with van der Waals surface area (Å²) >= 11 is 0. The number of rotatable bonds is 5. The van der Waals surface area contributed by atoms with E-state index in [1.165, 1.54) is 0 Å². The van der Waals surface area contributed by atoms with Gasteiger partial charge in [0.2, 0.25) is 0 Å². The van der Waals surface area contributed by atoms with Crippen LogP contribution in [-0.4, -0.2) is 19.2 Å². The maximum absolute atomic E-state index is 11.8. The van der Waals surface area contributed by atoms with Crippen LogP contribution in [0.4, 0.5) is 0 Å². The molecule has 0 atom stereocenters. The molecule has 0 N–H and O–H groups in total. The average molecular weight is 274 g/mol. The summed E-state index contributed by atoms with van der Waals surface area (Å²) in [5.74, 6) is 6.45. The van der Waals surface area contributed by atoms with E-state index in [1.54, 1.807) is 25.3 Å². The van der Waals surface area contributed by atoms with E-state index in [2.05, 4.69) is 18.8 Å². The molecule has 0 bridgehead atoms. The zero-order valence-corrected chi connectivity index (χ0v) is 12.7. The Balaban J connectivity index is 2.89. The fraction of sp³-hybridized carbons (Fsp3) is 0.471. The van der Waals surface area contributed by atoms with E-state index in [4.69, 9.17) is 9.47 Å². The maximum Gasteiger partial charge on any atom is 0.338 e. The van der Waals surface area contributed by atoms with E-state index in [9.17, 15) is 4.79 Å². The van der Waals surface area contributed by atoms with Crippen molar-refractivity contribution >= 4 is 5.97 Å². The third kappa shape index (κ3) is 4.97. The van der Waals surface area contributed by atoms with Gasteiger partial charge >= 0.3 is 5.97 Å². The van der Waals surface area contributed by atoms with Gasteiger partial charge in [0, 0.05) is 6.42 Å². The fourth-order valence-corrected chi connectivity index (χ4v) is 1.63. The Hall–Kier alpha value is -1.95. The molecule has 3 heteroatoms. The molecule has 1 rings (SSSR count). The summed E-state index contributed by atoms with van der Waals surface area (Å²) in [6.45, 7) is 5.78. The predicted octanol–water partition coefficient (Wildman–Crippen LogP) is 3.80. The lowest BCUT2D eigenvalue weighted by Crippen LogP contribution is -2.11. The van der Waals surface area contributed by atoms with Gasteiger partial charge < -0.3 is 9.47 Å². The Bertz CT molecular complexity index is 507. The number of ether oxygens (including phenoxy) is 2. The van der Waals surface area contributed by atoms with Crippen LogP contribution in [0.2, 0.25) is 0 Å². The second-order valence-electron chi connectivity index (χ2n) is 4.77. The highest BCUT2D eigenvalue weighted by Gasteiger charge is 2.11. The molecule has 0 saturated heterocycles. The van der Waals surface area contributed by atoms with Gasteiger partial charge in [-0.25, -0.2) is 4.79 Å². The van der Waals surface area contributed by atoms with Crippen molar-refractivity contribution in [3.8, 4) is 17.6 Å². The molecule has 0 unspecified atom stereocenters. The van der Waals surface area contributed by atoms with E-state index < -0.39 is 0 Å². The summed E-state index contributed by atoms with van der Waals surface area (Å²) in [7, 11) is 1.57. The van der Waals surface area contributed by atoms with Crippen LogP contribution in [0.3, 0.4) is 0 Å². The molecular formula is C17H22O3. The van der Waals surface area contributed by atoms with Crippen molar-refractivity contribution in [1.82, 2.24) is 0 Å². The molecule has 0 amide bonds. The molecule has 0 aliphatic rings. The smallest absolute Gasteiger partial charge is 0.338 e. The molecule has 0 spiro atoms. The number of hydrogen-bond donors (Lipinski definition) is 0. The van der Waals surface area contributed by atoms with E-state index in [0.717, 1.165) is 24.8 Å². The van der Waals surface area contributed by atoms with Crippen molar-refractivity contribution in [3.05, 3.63) is 29.3 Å². The van der Waals surface area contributed by atoms with E-state index in [-0.39, 0.29) is 12.1 Å². The molecule has 3 nitrogen and oxygen atoms in total. The van der Waals surface area contributed by atoms with E-state index in [1.807, 2.05) is 13.8 Å². The molecule has 20 heavy (non-hydrogen) atoms. The van der Waals surface area contributed by atoms with Crippen LogP contribution >= 0.6 is 0 Å². The molecule has 1 aromatic carbocycles. The monoisotopic (exact) mass is 274 g/mol. The summed E-state index contributed by atoms with van der Waals surface area (Å²) in [5.41, 5.74) is 1.28. The van der Waals surface area contributed by atoms with Crippen LogP contribution < -0.4 is 4.74 Å². The lowest BCUT2D eigenvalue weighted by atomic mass is 10.1. The second-order valence-corrected chi connectivity index (χ2v) is 4.77. The molecule has 0 heterocycles. The highest BCUT2D eigenvalue weighted by atomic mass is 16.5. The SMILES string of the molecule is CCCCC#Cc1ccc(C(=O)OC(C)C)cc1OC. The Morgan fingerprint density at radius 1 is 1.35 bits per heavy atom. The number of carbonyl (C=O) groups excluding carboxylic acids is 1. The Morgan fingerprint density at radius 3 is 2.70 bits per heavy atom. The summed E-state index contributed by atoms with van der Waals surface area (Å²) in [5, 5.41) is 0. The lowest BCUT2D eigenvalue weighted by Gasteiger charge is -2.09. The minimum absolute atomic E-state index is 0.137. The van der Waals surface area contributed by atoms with Gasteiger partial charge in [-0.3, -0.25) is 0 Å². The van der Waals surface area contributed by atoms with Crippen LogP contribution in [0.1, 0.15) is 56.0 Å². The molecule has 0 aliphatic heterocycles. The maximum atomic E-state index is 11.8. The molecule has 108 valence electrons. The Labute approximate surface area is 121 Å². The van der Waals surface area contributed by atoms with Gasteiger partial charge in [-0.05, 0) is 38.5 Å². The quantitative estimate of drug-likeness (QED) is 0.465. The van der Waals surface area contributed by atoms with Crippen molar-refractivity contribution in [3.63, 3.8) is 0 Å². The zero-order valence-electron chi connectivity index (χ0n) is 12.7. The first-order valence-corrected chi connectivity index (χ1v) is 6.96. The second kappa shape index (κ2) is 8.27. The largest absolute Gasteiger partial charge is 0.495 e. The number of benzene rings is 1. The van der Waals surface area contributed by atoms with Gasteiger partial charge in [-0.1, -0.05) is 25.2 Å². The third-order valence-electron chi connectivity index (χ3n) is 2.66. The average Bonchev–Trinajstić information content (AvgIpc) is 2.42. The zero-order chi connectivity index (χ0) is 15.0. The van der Waals surface area contributed by atoms with Crippen LogP contribution in [0, 0.1) is 11.8 Å². The standard InChI is InChI=1S/C17H22O3/c1-5-6-7-8-9-14-10-11-15(12-16(14)19-4)17(18)20-13(2)3/h10-13H,5-7H2,1-4H3. The van der Waals surface area contributed by atoms with Crippen LogP contribution in [0.25, 0.3) is 0 Å².